The Hall–Kier alpha value is -1.27. The van der Waals surface area contributed by atoms with E-state index in [4.69, 9.17) is 28.9 Å². The van der Waals surface area contributed by atoms with Gasteiger partial charge in [0, 0.05) is 22.8 Å². The van der Waals surface area contributed by atoms with Crippen LogP contribution in [0, 0.1) is 13.8 Å². The van der Waals surface area contributed by atoms with Crippen molar-refractivity contribution in [2.75, 3.05) is 13.1 Å². The lowest BCUT2D eigenvalue weighted by molar-refractivity contribution is -0.120. The second kappa shape index (κ2) is 10.0. The van der Waals surface area contributed by atoms with Gasteiger partial charge in [-0.15, -0.1) is 12.4 Å². The predicted octanol–water partition coefficient (Wildman–Crippen LogP) is 3.62. The number of carbonyl (C=O) groups excluding carboxylic acids is 1. The molecule has 1 heterocycles. The minimum atomic E-state index is -0.0139. The number of halogens is 3. The van der Waals surface area contributed by atoms with Crippen LogP contribution in [0.15, 0.2) is 18.2 Å². The minimum absolute atomic E-state index is 0. The quantitative estimate of drug-likeness (QED) is 0.691. The largest absolute Gasteiger partial charge is 0.356 e. The lowest BCUT2D eigenvalue weighted by Crippen LogP contribution is -2.26. The van der Waals surface area contributed by atoms with E-state index < -0.39 is 0 Å². The maximum Gasteiger partial charge on any atom is 0.224 e. The molecule has 25 heavy (non-hydrogen) atoms. The van der Waals surface area contributed by atoms with Gasteiger partial charge in [-0.25, -0.2) is 4.68 Å². The second-order valence-electron chi connectivity index (χ2n) is 5.68. The molecule has 2 rings (SSSR count). The summed E-state index contributed by atoms with van der Waals surface area (Å²) >= 11 is 12.2. The number of carbonyl (C=O) groups is 1. The fraction of sp³-hybridized carbons (Fsp3) is 0.412. The van der Waals surface area contributed by atoms with E-state index in [2.05, 4.69) is 10.4 Å². The smallest absolute Gasteiger partial charge is 0.224 e. The molecule has 0 spiro atoms. The highest BCUT2D eigenvalue weighted by Gasteiger charge is 2.17. The first kappa shape index (κ1) is 21.8. The molecule has 0 fully saturated rings. The summed E-state index contributed by atoms with van der Waals surface area (Å²) in [6, 6.07) is 5.27. The molecule has 1 aromatic heterocycles. The molecular formula is C17H23Cl3N4O. The van der Waals surface area contributed by atoms with E-state index in [1.807, 2.05) is 19.9 Å². The van der Waals surface area contributed by atoms with Gasteiger partial charge in [-0.2, -0.15) is 5.10 Å². The Bertz CT molecular complexity index is 731. The first-order chi connectivity index (χ1) is 11.4. The van der Waals surface area contributed by atoms with Crippen LogP contribution in [0.25, 0.3) is 5.69 Å². The molecule has 0 saturated heterocycles. The van der Waals surface area contributed by atoms with Crippen molar-refractivity contribution in [2.24, 2.45) is 5.73 Å². The molecule has 138 valence electrons. The number of amides is 1. The Kier molecular flexibility index (Phi) is 8.73. The lowest BCUT2D eigenvalue weighted by atomic mass is 10.1. The minimum Gasteiger partial charge on any atom is -0.356 e. The van der Waals surface area contributed by atoms with Crippen LogP contribution in [0.4, 0.5) is 0 Å². The van der Waals surface area contributed by atoms with Crippen LogP contribution in [0.1, 0.15) is 29.8 Å². The highest BCUT2D eigenvalue weighted by molar-refractivity contribution is 6.35. The van der Waals surface area contributed by atoms with E-state index in [1.54, 1.807) is 16.8 Å². The summed E-state index contributed by atoms with van der Waals surface area (Å²) in [4.78, 5) is 12.1. The number of aromatic nitrogens is 2. The highest BCUT2D eigenvalue weighted by Crippen LogP contribution is 2.27. The number of nitrogens with two attached hydrogens (primary N) is 1. The first-order valence-corrected chi connectivity index (χ1v) is 8.67. The fourth-order valence-electron chi connectivity index (χ4n) is 2.54. The SMILES string of the molecule is Cc1nn(-c2ccc(Cl)cc2Cl)c(C)c1CC(=O)NCCCCN.Cl. The summed E-state index contributed by atoms with van der Waals surface area (Å²) in [6.45, 7) is 5.11. The molecule has 0 atom stereocenters. The van der Waals surface area contributed by atoms with Gasteiger partial charge < -0.3 is 11.1 Å². The summed E-state index contributed by atoms with van der Waals surface area (Å²) in [5.41, 5.74) is 8.82. The summed E-state index contributed by atoms with van der Waals surface area (Å²) in [5.74, 6) is -0.0139. The van der Waals surface area contributed by atoms with E-state index in [9.17, 15) is 4.79 Å². The molecule has 1 amide bonds. The molecule has 0 aliphatic rings. The molecular weight excluding hydrogens is 383 g/mol. The van der Waals surface area contributed by atoms with Crippen molar-refractivity contribution in [1.82, 2.24) is 15.1 Å². The van der Waals surface area contributed by atoms with Crippen LogP contribution in [-0.2, 0) is 11.2 Å². The van der Waals surface area contributed by atoms with Gasteiger partial charge in [-0.1, -0.05) is 23.2 Å². The van der Waals surface area contributed by atoms with E-state index in [0.29, 0.717) is 29.6 Å². The summed E-state index contributed by atoms with van der Waals surface area (Å²) in [5, 5.41) is 8.53. The predicted molar refractivity (Wildman–Crippen MR) is 105 cm³/mol. The molecule has 0 saturated carbocycles. The zero-order valence-corrected chi connectivity index (χ0v) is 16.6. The zero-order valence-electron chi connectivity index (χ0n) is 14.3. The van der Waals surface area contributed by atoms with Crippen molar-refractivity contribution in [2.45, 2.75) is 33.1 Å². The van der Waals surface area contributed by atoms with Crippen molar-refractivity contribution in [3.63, 3.8) is 0 Å². The number of rotatable bonds is 7. The number of unbranched alkanes of at least 4 members (excludes halogenated alkanes) is 1. The van der Waals surface area contributed by atoms with Crippen molar-refractivity contribution in [3.8, 4) is 5.69 Å². The number of hydrogen-bond acceptors (Lipinski definition) is 3. The van der Waals surface area contributed by atoms with Crippen LogP contribution in [0.2, 0.25) is 10.0 Å². The van der Waals surface area contributed by atoms with Gasteiger partial charge in [0.25, 0.3) is 0 Å². The highest BCUT2D eigenvalue weighted by atomic mass is 35.5. The topological polar surface area (TPSA) is 72.9 Å². The number of nitrogens with zero attached hydrogens (tertiary/aromatic N) is 2. The normalized spacial score (nSPS) is 10.4. The standard InChI is InChI=1S/C17H22Cl2N4O.ClH/c1-11-14(10-17(24)21-8-4-3-7-20)12(2)23(22-11)16-6-5-13(18)9-15(16)19;/h5-6,9H,3-4,7-8,10,20H2,1-2H3,(H,21,24);1H. The van der Waals surface area contributed by atoms with E-state index in [-0.39, 0.29) is 18.3 Å². The van der Waals surface area contributed by atoms with Gasteiger partial charge in [0.15, 0.2) is 0 Å². The molecule has 0 aliphatic carbocycles. The third kappa shape index (κ3) is 5.61. The van der Waals surface area contributed by atoms with Crippen LogP contribution >= 0.6 is 35.6 Å². The van der Waals surface area contributed by atoms with Gasteiger partial charge >= 0.3 is 0 Å². The molecule has 0 unspecified atom stereocenters. The van der Waals surface area contributed by atoms with E-state index >= 15 is 0 Å². The Morgan fingerprint density at radius 1 is 1.28 bits per heavy atom. The molecule has 0 radical (unpaired) electrons. The number of hydrogen-bond donors (Lipinski definition) is 2. The monoisotopic (exact) mass is 404 g/mol. The Morgan fingerprint density at radius 3 is 2.64 bits per heavy atom. The fourth-order valence-corrected chi connectivity index (χ4v) is 3.03. The average molecular weight is 406 g/mol. The summed E-state index contributed by atoms with van der Waals surface area (Å²) < 4.78 is 1.75. The van der Waals surface area contributed by atoms with Crippen molar-refractivity contribution < 1.29 is 4.79 Å². The maximum atomic E-state index is 12.1. The zero-order chi connectivity index (χ0) is 17.7. The maximum absolute atomic E-state index is 12.1. The van der Waals surface area contributed by atoms with Crippen molar-refractivity contribution in [3.05, 3.63) is 45.2 Å². The van der Waals surface area contributed by atoms with Gasteiger partial charge in [-0.3, -0.25) is 4.79 Å². The Morgan fingerprint density at radius 2 is 2.00 bits per heavy atom. The lowest BCUT2D eigenvalue weighted by Gasteiger charge is -2.08. The van der Waals surface area contributed by atoms with Crippen LogP contribution < -0.4 is 11.1 Å². The number of benzene rings is 1. The van der Waals surface area contributed by atoms with Gasteiger partial charge in [-0.05, 0) is 51.4 Å². The van der Waals surface area contributed by atoms with Crippen LogP contribution in [-0.4, -0.2) is 28.8 Å². The van der Waals surface area contributed by atoms with Crippen LogP contribution in [0.5, 0.6) is 0 Å². The average Bonchev–Trinajstić information content (AvgIpc) is 2.80. The molecule has 0 bridgehead atoms. The van der Waals surface area contributed by atoms with Gasteiger partial charge in [0.1, 0.15) is 0 Å². The van der Waals surface area contributed by atoms with Crippen LogP contribution in [0.3, 0.4) is 0 Å². The third-order valence-corrected chi connectivity index (χ3v) is 4.41. The van der Waals surface area contributed by atoms with Gasteiger partial charge in [0.2, 0.25) is 5.91 Å². The molecule has 8 heteroatoms. The summed E-state index contributed by atoms with van der Waals surface area (Å²) in [6.07, 6.45) is 2.09. The molecule has 1 aromatic carbocycles. The Balaban J connectivity index is 0.00000312. The molecule has 2 aromatic rings. The van der Waals surface area contributed by atoms with Crippen molar-refractivity contribution in [1.29, 1.82) is 0 Å². The van der Waals surface area contributed by atoms with E-state index in [0.717, 1.165) is 35.5 Å². The van der Waals surface area contributed by atoms with Gasteiger partial charge in [0.05, 0.1) is 22.8 Å². The third-order valence-electron chi connectivity index (χ3n) is 3.87. The first-order valence-electron chi connectivity index (χ1n) is 7.91. The number of aryl methyl sites for hydroxylation is 1. The summed E-state index contributed by atoms with van der Waals surface area (Å²) in [7, 11) is 0. The van der Waals surface area contributed by atoms with E-state index in [1.165, 1.54) is 0 Å². The molecule has 5 nitrogen and oxygen atoms in total. The Labute approximate surface area is 164 Å². The molecule has 0 aliphatic heterocycles. The second-order valence-corrected chi connectivity index (χ2v) is 6.52. The number of nitrogens with one attached hydrogen (secondary N) is 1. The molecule has 3 N–H and O–H groups in total. The van der Waals surface area contributed by atoms with Crippen molar-refractivity contribution >= 4 is 41.5 Å².